The lowest BCUT2D eigenvalue weighted by Crippen LogP contribution is -2.26. The van der Waals surface area contributed by atoms with Crippen LogP contribution >= 0.6 is 12.2 Å². The third-order valence-corrected chi connectivity index (χ3v) is 3.14. The van der Waals surface area contributed by atoms with Gasteiger partial charge in [0.1, 0.15) is 11.6 Å². The third kappa shape index (κ3) is 3.45. The summed E-state index contributed by atoms with van der Waals surface area (Å²) in [5.74, 6) is 0.224. The van der Waals surface area contributed by atoms with E-state index in [0.717, 1.165) is 5.56 Å². The van der Waals surface area contributed by atoms with Crippen molar-refractivity contribution < 1.29 is 14.1 Å². The molecule has 0 saturated carbocycles. The van der Waals surface area contributed by atoms with Gasteiger partial charge in [-0.05, 0) is 24.3 Å². The van der Waals surface area contributed by atoms with Crippen molar-refractivity contribution in [1.29, 1.82) is 0 Å². The van der Waals surface area contributed by atoms with Gasteiger partial charge in [0.25, 0.3) is 5.91 Å². The van der Waals surface area contributed by atoms with Crippen molar-refractivity contribution in [2.75, 3.05) is 19.1 Å². The zero-order valence-corrected chi connectivity index (χ0v) is 12.5. The quantitative estimate of drug-likeness (QED) is 0.847. The molecule has 0 unspecified atom stereocenters. The normalized spacial score (nSPS) is 10.4. The summed E-state index contributed by atoms with van der Waals surface area (Å²) in [4.78, 5) is 14.1. The van der Waals surface area contributed by atoms with Gasteiger partial charge in [-0.3, -0.25) is 4.79 Å². The first kappa shape index (κ1) is 15.1. The summed E-state index contributed by atoms with van der Waals surface area (Å²) in [5, 5.41) is 3.74. The average Bonchev–Trinajstić information content (AvgIpc) is 2.95. The number of carbonyl (C=O) groups is 1. The second-order valence-electron chi connectivity index (χ2n) is 4.39. The van der Waals surface area contributed by atoms with E-state index >= 15 is 0 Å². The van der Waals surface area contributed by atoms with Gasteiger partial charge in [-0.15, -0.1) is 0 Å². The van der Waals surface area contributed by atoms with Crippen molar-refractivity contribution in [3.63, 3.8) is 0 Å². The average molecular weight is 305 g/mol. The summed E-state index contributed by atoms with van der Waals surface area (Å²) < 4.78 is 9.93. The lowest BCUT2D eigenvalue weighted by Gasteiger charge is -2.16. The van der Waals surface area contributed by atoms with Gasteiger partial charge < -0.3 is 19.9 Å². The van der Waals surface area contributed by atoms with Gasteiger partial charge in [0, 0.05) is 31.5 Å². The molecule has 0 fully saturated rings. The molecule has 0 aliphatic rings. The summed E-state index contributed by atoms with van der Waals surface area (Å²) in [7, 11) is 3.20. The maximum absolute atomic E-state index is 12.3. The van der Waals surface area contributed by atoms with E-state index in [2.05, 4.69) is 5.16 Å². The number of hydrogen-bond acceptors (Lipinski definition) is 5. The number of methoxy groups -OCH3 is 1. The van der Waals surface area contributed by atoms with E-state index in [1.165, 1.54) is 4.90 Å². The van der Waals surface area contributed by atoms with Crippen LogP contribution in [0.3, 0.4) is 0 Å². The lowest BCUT2D eigenvalue weighted by atomic mass is 10.2. The van der Waals surface area contributed by atoms with Crippen molar-refractivity contribution in [3.05, 3.63) is 47.3 Å². The van der Waals surface area contributed by atoms with E-state index in [-0.39, 0.29) is 18.2 Å². The monoisotopic (exact) mass is 305 g/mol. The fraction of sp³-hybridized carbons (Fsp3) is 0.214. The molecule has 2 aromatic rings. The molecule has 0 aliphatic heterocycles. The Kier molecular flexibility index (Phi) is 4.66. The Morgan fingerprint density at radius 3 is 2.67 bits per heavy atom. The van der Waals surface area contributed by atoms with E-state index in [4.69, 9.17) is 27.2 Å². The number of benzene rings is 1. The molecular weight excluding hydrogens is 290 g/mol. The zero-order chi connectivity index (χ0) is 15.4. The molecular formula is C14H15N3O3S. The van der Waals surface area contributed by atoms with Crippen molar-refractivity contribution in [2.45, 2.75) is 6.61 Å². The fourth-order valence-corrected chi connectivity index (χ4v) is 1.90. The molecule has 21 heavy (non-hydrogen) atoms. The number of ether oxygens (including phenoxy) is 1. The second kappa shape index (κ2) is 6.47. The molecule has 7 heteroatoms. The molecule has 0 atom stereocenters. The van der Waals surface area contributed by atoms with Crippen LogP contribution in [-0.2, 0) is 11.3 Å². The first-order valence-corrected chi connectivity index (χ1v) is 6.56. The van der Waals surface area contributed by atoms with Crippen LogP contribution < -0.4 is 10.6 Å². The molecule has 0 saturated heterocycles. The van der Waals surface area contributed by atoms with Gasteiger partial charge in [-0.2, -0.15) is 0 Å². The van der Waals surface area contributed by atoms with Gasteiger partial charge in [0.2, 0.25) is 0 Å². The Morgan fingerprint density at radius 2 is 2.10 bits per heavy atom. The highest BCUT2D eigenvalue weighted by Gasteiger charge is 2.18. The lowest BCUT2D eigenvalue weighted by molar-refractivity contribution is 0.0983. The van der Waals surface area contributed by atoms with Crippen molar-refractivity contribution in [3.8, 4) is 0 Å². The van der Waals surface area contributed by atoms with E-state index in [1.807, 2.05) is 0 Å². The molecule has 1 amide bonds. The van der Waals surface area contributed by atoms with Gasteiger partial charge in [-0.1, -0.05) is 17.4 Å². The van der Waals surface area contributed by atoms with Crippen LogP contribution in [-0.4, -0.2) is 30.2 Å². The van der Waals surface area contributed by atoms with Crippen LogP contribution in [0.4, 0.5) is 5.69 Å². The van der Waals surface area contributed by atoms with Crippen LogP contribution in [0.15, 0.2) is 34.9 Å². The highest BCUT2D eigenvalue weighted by Crippen LogP contribution is 2.17. The minimum Gasteiger partial charge on any atom is -0.389 e. The Bertz CT molecular complexity index is 652. The van der Waals surface area contributed by atoms with Crippen molar-refractivity contribution in [1.82, 2.24) is 5.16 Å². The SMILES string of the molecule is COCc1cc(C(=O)N(C)c2ccc(C(N)=S)cc2)no1. The van der Waals surface area contributed by atoms with Crippen LogP contribution in [0.25, 0.3) is 0 Å². The van der Waals surface area contributed by atoms with Crippen LogP contribution in [0, 0.1) is 0 Å². The number of nitrogens with two attached hydrogens (primary N) is 1. The van der Waals surface area contributed by atoms with E-state index in [0.29, 0.717) is 16.4 Å². The third-order valence-electron chi connectivity index (χ3n) is 2.91. The molecule has 1 heterocycles. The minimum atomic E-state index is -0.274. The molecule has 1 aromatic carbocycles. The maximum atomic E-state index is 12.3. The zero-order valence-electron chi connectivity index (χ0n) is 11.7. The first-order valence-electron chi connectivity index (χ1n) is 6.15. The van der Waals surface area contributed by atoms with Gasteiger partial charge in [0.05, 0.1) is 0 Å². The first-order chi connectivity index (χ1) is 10.0. The van der Waals surface area contributed by atoms with E-state index < -0.39 is 0 Å². The van der Waals surface area contributed by atoms with Crippen LogP contribution in [0.2, 0.25) is 0 Å². The van der Waals surface area contributed by atoms with Crippen LogP contribution in [0.5, 0.6) is 0 Å². The summed E-state index contributed by atoms with van der Waals surface area (Å²) in [6.07, 6.45) is 0. The summed E-state index contributed by atoms with van der Waals surface area (Å²) in [6.45, 7) is 0.270. The molecule has 0 aliphatic carbocycles. The smallest absolute Gasteiger partial charge is 0.280 e. The standard InChI is InChI=1S/C14H15N3O3S/c1-17(10-5-3-9(4-6-10)13(15)21)14(18)12-7-11(8-19-2)20-16-12/h3-7H,8H2,1-2H3,(H2,15,21). The molecule has 110 valence electrons. The molecule has 6 nitrogen and oxygen atoms in total. The molecule has 0 spiro atoms. The highest BCUT2D eigenvalue weighted by atomic mass is 32.1. The topological polar surface area (TPSA) is 81.6 Å². The second-order valence-corrected chi connectivity index (χ2v) is 4.83. The number of thiocarbonyl (C=S) groups is 1. The molecule has 0 radical (unpaired) electrons. The largest absolute Gasteiger partial charge is 0.389 e. The van der Waals surface area contributed by atoms with Gasteiger partial charge in [-0.25, -0.2) is 0 Å². The predicted molar refractivity (Wildman–Crippen MR) is 82.3 cm³/mol. The van der Waals surface area contributed by atoms with Crippen LogP contribution in [0.1, 0.15) is 21.8 Å². The Balaban J connectivity index is 2.15. The minimum absolute atomic E-state index is 0.225. The van der Waals surface area contributed by atoms with E-state index in [1.54, 1.807) is 44.5 Å². The number of aromatic nitrogens is 1. The number of rotatable bonds is 5. The Labute approximate surface area is 127 Å². The number of amides is 1. The fourth-order valence-electron chi connectivity index (χ4n) is 1.76. The van der Waals surface area contributed by atoms with E-state index in [9.17, 15) is 4.79 Å². The van der Waals surface area contributed by atoms with Crippen molar-refractivity contribution in [2.24, 2.45) is 5.73 Å². The number of anilines is 1. The number of carbonyl (C=O) groups excluding carboxylic acids is 1. The molecule has 2 rings (SSSR count). The number of nitrogens with zero attached hydrogens (tertiary/aromatic N) is 2. The number of hydrogen-bond donors (Lipinski definition) is 1. The molecule has 1 aromatic heterocycles. The Hall–Kier alpha value is -2.25. The summed E-state index contributed by atoms with van der Waals surface area (Å²) in [5.41, 5.74) is 7.22. The molecule has 0 bridgehead atoms. The summed E-state index contributed by atoms with van der Waals surface area (Å²) >= 11 is 4.89. The Morgan fingerprint density at radius 1 is 1.43 bits per heavy atom. The summed E-state index contributed by atoms with van der Waals surface area (Å²) in [6, 6.07) is 8.62. The highest BCUT2D eigenvalue weighted by molar-refractivity contribution is 7.80. The predicted octanol–water partition coefficient (Wildman–Crippen LogP) is 1.73. The van der Waals surface area contributed by atoms with Gasteiger partial charge in [0.15, 0.2) is 11.5 Å². The maximum Gasteiger partial charge on any atom is 0.280 e. The molecule has 2 N–H and O–H groups in total. The van der Waals surface area contributed by atoms with Crippen molar-refractivity contribution >= 4 is 28.8 Å². The van der Waals surface area contributed by atoms with Gasteiger partial charge >= 0.3 is 0 Å².